The number of nitrogens with one attached hydrogen (secondary N) is 1. The molecule has 0 saturated heterocycles. The average Bonchev–Trinajstić information content (AvgIpc) is 2.80. The second-order valence-corrected chi connectivity index (χ2v) is 5.43. The van der Waals surface area contributed by atoms with Gasteiger partial charge in [-0.1, -0.05) is 48.5 Å². The van der Waals surface area contributed by atoms with Gasteiger partial charge in [0.2, 0.25) is 5.91 Å². The Morgan fingerprint density at radius 2 is 1.85 bits per heavy atom. The Hall–Kier alpha value is -2.13. The fourth-order valence-corrected chi connectivity index (χ4v) is 3.33. The predicted octanol–water partition coefficient (Wildman–Crippen LogP) is 2.27. The molecule has 0 saturated carbocycles. The minimum Gasteiger partial charge on any atom is -0.310 e. The Bertz CT molecular complexity index is 666. The van der Waals surface area contributed by atoms with Crippen molar-refractivity contribution < 1.29 is 4.79 Å². The molecule has 0 bridgehead atoms. The number of nitrogens with zero attached hydrogens (tertiary/aromatic N) is 1. The summed E-state index contributed by atoms with van der Waals surface area (Å²) in [6.07, 6.45) is 0. The lowest BCUT2D eigenvalue weighted by Crippen LogP contribution is -2.35. The smallest absolute Gasteiger partial charge is 0.240 e. The zero-order valence-electron chi connectivity index (χ0n) is 11.2. The van der Waals surface area contributed by atoms with Gasteiger partial charge in [0, 0.05) is 19.0 Å². The van der Waals surface area contributed by atoms with E-state index >= 15 is 0 Å². The molecule has 1 unspecified atom stereocenters. The second kappa shape index (κ2) is 4.46. The van der Waals surface area contributed by atoms with Crippen LogP contribution in [0.1, 0.15) is 22.6 Å². The molecule has 2 heterocycles. The Labute approximate surface area is 118 Å². The van der Waals surface area contributed by atoms with E-state index in [1.54, 1.807) is 0 Å². The largest absolute Gasteiger partial charge is 0.310 e. The van der Waals surface area contributed by atoms with Crippen molar-refractivity contribution in [3.63, 3.8) is 0 Å². The number of carbonyl (C=O) groups excluding carboxylic acids is 1. The number of carbonyl (C=O) groups is 1. The summed E-state index contributed by atoms with van der Waals surface area (Å²) in [6.45, 7) is 1.96. The fraction of sp³-hybridized carbons (Fsp3) is 0.235. The fourth-order valence-electron chi connectivity index (χ4n) is 3.33. The van der Waals surface area contributed by atoms with E-state index in [2.05, 4.69) is 47.8 Å². The summed E-state index contributed by atoms with van der Waals surface area (Å²) in [5.41, 5.74) is 4.93. The van der Waals surface area contributed by atoms with E-state index in [1.165, 1.54) is 16.7 Å². The van der Waals surface area contributed by atoms with Crippen molar-refractivity contribution in [2.45, 2.75) is 12.5 Å². The molecule has 3 heteroatoms. The molecule has 0 fully saturated rings. The Balaban J connectivity index is 1.88. The maximum absolute atomic E-state index is 12.3. The molecule has 4 rings (SSSR count). The number of rotatable bonds is 1. The predicted molar refractivity (Wildman–Crippen MR) is 78.8 cm³/mol. The SMILES string of the molecule is O=C1CNCc2cccc3c2N1CC3c1ccccc1. The minimum atomic E-state index is 0.176. The van der Waals surface area contributed by atoms with Crippen LogP contribution >= 0.6 is 0 Å². The summed E-state index contributed by atoms with van der Waals surface area (Å²) in [5.74, 6) is 0.475. The Morgan fingerprint density at radius 1 is 1.00 bits per heavy atom. The van der Waals surface area contributed by atoms with Gasteiger partial charge in [0.25, 0.3) is 0 Å². The van der Waals surface area contributed by atoms with E-state index in [1.807, 2.05) is 11.0 Å². The molecule has 1 atom stereocenters. The number of para-hydroxylation sites is 1. The van der Waals surface area contributed by atoms with Gasteiger partial charge in [-0.05, 0) is 16.7 Å². The van der Waals surface area contributed by atoms with Crippen LogP contribution in [-0.4, -0.2) is 19.0 Å². The first-order valence-corrected chi connectivity index (χ1v) is 7.02. The van der Waals surface area contributed by atoms with E-state index in [9.17, 15) is 4.79 Å². The van der Waals surface area contributed by atoms with E-state index in [4.69, 9.17) is 0 Å². The molecule has 100 valence electrons. The molecule has 2 aromatic carbocycles. The van der Waals surface area contributed by atoms with Crippen molar-refractivity contribution in [1.29, 1.82) is 0 Å². The molecule has 2 aliphatic heterocycles. The summed E-state index contributed by atoms with van der Waals surface area (Å²) in [6, 6.07) is 16.8. The first-order valence-electron chi connectivity index (χ1n) is 7.02. The minimum absolute atomic E-state index is 0.176. The number of anilines is 1. The molecule has 20 heavy (non-hydrogen) atoms. The molecule has 2 aliphatic rings. The molecule has 0 aromatic heterocycles. The standard InChI is InChI=1S/C17H16N2O/c20-16-10-18-9-13-7-4-8-14-15(11-19(16)17(13)14)12-5-2-1-3-6-12/h1-8,15,18H,9-11H2. The maximum Gasteiger partial charge on any atom is 0.240 e. The molecular weight excluding hydrogens is 248 g/mol. The van der Waals surface area contributed by atoms with E-state index < -0.39 is 0 Å². The third-order valence-corrected chi connectivity index (χ3v) is 4.26. The normalized spacial score (nSPS) is 20.7. The highest BCUT2D eigenvalue weighted by Gasteiger charge is 2.35. The third-order valence-electron chi connectivity index (χ3n) is 4.26. The molecule has 0 spiro atoms. The van der Waals surface area contributed by atoms with E-state index in [0.717, 1.165) is 18.8 Å². The Kier molecular flexibility index (Phi) is 2.60. The lowest BCUT2D eigenvalue weighted by Gasteiger charge is -2.16. The number of amides is 1. The monoisotopic (exact) mass is 264 g/mol. The van der Waals surface area contributed by atoms with Crippen molar-refractivity contribution in [3.05, 3.63) is 65.2 Å². The highest BCUT2D eigenvalue weighted by molar-refractivity contribution is 5.99. The summed E-state index contributed by atoms with van der Waals surface area (Å²) >= 11 is 0. The van der Waals surface area contributed by atoms with E-state index in [-0.39, 0.29) is 5.91 Å². The van der Waals surface area contributed by atoms with Crippen molar-refractivity contribution in [2.24, 2.45) is 0 Å². The highest BCUT2D eigenvalue weighted by atomic mass is 16.2. The Morgan fingerprint density at radius 3 is 2.70 bits per heavy atom. The molecule has 1 N–H and O–H groups in total. The molecule has 2 aromatic rings. The van der Waals surface area contributed by atoms with Gasteiger partial charge in [-0.2, -0.15) is 0 Å². The zero-order valence-corrected chi connectivity index (χ0v) is 11.2. The lowest BCUT2D eigenvalue weighted by atomic mass is 9.92. The maximum atomic E-state index is 12.3. The van der Waals surface area contributed by atoms with Crippen LogP contribution in [0.25, 0.3) is 0 Å². The van der Waals surface area contributed by atoms with Crippen LogP contribution in [0.3, 0.4) is 0 Å². The van der Waals surface area contributed by atoms with Crippen LogP contribution in [-0.2, 0) is 11.3 Å². The quantitative estimate of drug-likeness (QED) is 0.857. The number of hydrogen-bond acceptors (Lipinski definition) is 2. The van der Waals surface area contributed by atoms with Crippen LogP contribution in [0.5, 0.6) is 0 Å². The van der Waals surface area contributed by atoms with Crippen molar-refractivity contribution in [2.75, 3.05) is 18.0 Å². The molecular formula is C17H16N2O. The van der Waals surface area contributed by atoms with Gasteiger partial charge in [0.15, 0.2) is 0 Å². The first kappa shape index (κ1) is 11.7. The van der Waals surface area contributed by atoms with Gasteiger partial charge >= 0.3 is 0 Å². The molecule has 3 nitrogen and oxygen atoms in total. The summed E-state index contributed by atoms with van der Waals surface area (Å²) in [5, 5.41) is 3.21. The lowest BCUT2D eigenvalue weighted by molar-refractivity contribution is -0.117. The summed E-state index contributed by atoms with van der Waals surface area (Å²) < 4.78 is 0. The van der Waals surface area contributed by atoms with Crippen molar-refractivity contribution in [1.82, 2.24) is 5.32 Å². The zero-order chi connectivity index (χ0) is 13.5. The van der Waals surface area contributed by atoms with E-state index in [0.29, 0.717) is 12.5 Å². The van der Waals surface area contributed by atoms with Crippen LogP contribution in [0, 0.1) is 0 Å². The topological polar surface area (TPSA) is 32.3 Å². The summed E-state index contributed by atoms with van der Waals surface area (Å²) in [7, 11) is 0. The highest BCUT2D eigenvalue weighted by Crippen LogP contribution is 2.42. The van der Waals surface area contributed by atoms with Gasteiger partial charge in [-0.15, -0.1) is 0 Å². The molecule has 0 aliphatic carbocycles. The number of benzene rings is 2. The summed E-state index contributed by atoms with van der Waals surface area (Å²) in [4.78, 5) is 14.2. The number of hydrogen-bond donors (Lipinski definition) is 1. The van der Waals surface area contributed by atoms with Gasteiger partial charge < -0.3 is 10.2 Å². The van der Waals surface area contributed by atoms with Gasteiger partial charge in [-0.3, -0.25) is 4.79 Å². The molecule has 1 amide bonds. The van der Waals surface area contributed by atoms with Crippen molar-refractivity contribution in [3.8, 4) is 0 Å². The molecule has 0 radical (unpaired) electrons. The van der Waals surface area contributed by atoms with Crippen LogP contribution < -0.4 is 10.2 Å². The van der Waals surface area contributed by atoms with Gasteiger partial charge in [0.05, 0.1) is 12.2 Å². The van der Waals surface area contributed by atoms with Crippen LogP contribution in [0.4, 0.5) is 5.69 Å². The average molecular weight is 264 g/mol. The second-order valence-electron chi connectivity index (χ2n) is 5.43. The first-order chi connectivity index (χ1) is 9.84. The van der Waals surface area contributed by atoms with Gasteiger partial charge in [-0.25, -0.2) is 0 Å². The van der Waals surface area contributed by atoms with Crippen LogP contribution in [0.15, 0.2) is 48.5 Å². The van der Waals surface area contributed by atoms with Crippen molar-refractivity contribution >= 4 is 11.6 Å². The van der Waals surface area contributed by atoms with Gasteiger partial charge in [0.1, 0.15) is 0 Å². The third kappa shape index (κ3) is 1.67. The van der Waals surface area contributed by atoms with Crippen LogP contribution in [0.2, 0.25) is 0 Å².